The molecular weight excluding hydrogens is 470 g/mol. The molecule has 2 N–H and O–H groups in total. The Hall–Kier alpha value is -4.66. The van der Waals surface area contributed by atoms with Crippen LogP contribution in [0.4, 0.5) is 17.1 Å². The summed E-state index contributed by atoms with van der Waals surface area (Å²) in [5.74, 6) is -0.774. The van der Waals surface area contributed by atoms with Crippen molar-refractivity contribution in [1.29, 1.82) is 0 Å². The van der Waals surface area contributed by atoms with E-state index in [0.29, 0.717) is 35.6 Å². The molecule has 2 amide bonds. The molecule has 0 saturated heterocycles. The summed E-state index contributed by atoms with van der Waals surface area (Å²) in [6.45, 7) is 0.597. The molecule has 9 nitrogen and oxygen atoms in total. The van der Waals surface area contributed by atoms with Crippen molar-refractivity contribution < 1.29 is 19.1 Å². The number of methoxy groups -OCH3 is 1. The van der Waals surface area contributed by atoms with Crippen LogP contribution in [0, 0.1) is 0 Å². The SMILES string of the molecule is COC(=O)c1cnc2c(c1)NC(=O)/C2=C(/Nc1ccc(N(C)CCC(=O)N(C)C)cc1)c1ccccc1. The second-order valence-corrected chi connectivity index (χ2v) is 8.81. The van der Waals surface area contributed by atoms with Crippen molar-refractivity contribution in [2.45, 2.75) is 6.42 Å². The number of benzene rings is 2. The van der Waals surface area contributed by atoms with Gasteiger partial charge in [-0.2, -0.15) is 0 Å². The number of aromatic nitrogens is 1. The van der Waals surface area contributed by atoms with Gasteiger partial charge in [0.1, 0.15) is 5.69 Å². The highest BCUT2D eigenvalue weighted by Crippen LogP contribution is 2.36. The van der Waals surface area contributed by atoms with E-state index in [4.69, 9.17) is 4.74 Å². The summed E-state index contributed by atoms with van der Waals surface area (Å²) in [6, 6.07) is 18.8. The molecule has 0 spiro atoms. The molecule has 9 heteroatoms. The third kappa shape index (κ3) is 5.61. The van der Waals surface area contributed by atoms with Gasteiger partial charge < -0.3 is 25.2 Å². The van der Waals surface area contributed by atoms with Gasteiger partial charge in [-0.05, 0) is 35.9 Å². The second-order valence-electron chi connectivity index (χ2n) is 8.81. The van der Waals surface area contributed by atoms with Crippen LogP contribution in [0.1, 0.15) is 28.0 Å². The number of fused-ring (bicyclic) bond motifs is 1. The standard InChI is InChI=1S/C28H29N5O4/c1-32(2)23(34)14-15-33(3)21-12-10-20(11-13-21)30-25(18-8-6-5-7-9-18)24-26-22(31-27(24)35)16-19(17-29-26)28(36)37-4/h5-13,16-17,30H,14-15H2,1-4H3,(H,31,35)/b25-24+. The lowest BCUT2D eigenvalue weighted by Gasteiger charge is -2.21. The van der Waals surface area contributed by atoms with Crippen LogP contribution in [0.5, 0.6) is 0 Å². The number of rotatable bonds is 8. The van der Waals surface area contributed by atoms with Gasteiger partial charge in [-0.1, -0.05) is 30.3 Å². The monoisotopic (exact) mass is 499 g/mol. The van der Waals surface area contributed by atoms with Gasteiger partial charge in [0.05, 0.1) is 29.6 Å². The zero-order valence-corrected chi connectivity index (χ0v) is 21.2. The van der Waals surface area contributed by atoms with E-state index in [1.807, 2.05) is 66.5 Å². The van der Waals surface area contributed by atoms with Crippen molar-refractivity contribution in [1.82, 2.24) is 9.88 Å². The Morgan fingerprint density at radius 3 is 2.35 bits per heavy atom. The minimum atomic E-state index is -0.528. The van der Waals surface area contributed by atoms with Crippen LogP contribution in [0.2, 0.25) is 0 Å². The zero-order chi connectivity index (χ0) is 26.5. The number of pyridine rings is 1. The lowest BCUT2D eigenvalue weighted by atomic mass is 10.0. The minimum absolute atomic E-state index is 0.0757. The summed E-state index contributed by atoms with van der Waals surface area (Å²) in [6.07, 6.45) is 1.83. The Labute approximate surface area is 215 Å². The van der Waals surface area contributed by atoms with Gasteiger partial charge in [-0.15, -0.1) is 0 Å². The van der Waals surface area contributed by atoms with Crippen molar-refractivity contribution in [3.8, 4) is 0 Å². The number of carbonyl (C=O) groups excluding carboxylic acids is 3. The molecule has 4 rings (SSSR count). The van der Waals surface area contributed by atoms with E-state index in [1.54, 1.807) is 25.1 Å². The average molecular weight is 500 g/mol. The molecule has 0 atom stereocenters. The average Bonchev–Trinajstić information content (AvgIpc) is 3.24. The van der Waals surface area contributed by atoms with E-state index in [2.05, 4.69) is 15.6 Å². The number of nitrogens with zero attached hydrogens (tertiary/aromatic N) is 3. The smallest absolute Gasteiger partial charge is 0.339 e. The summed E-state index contributed by atoms with van der Waals surface area (Å²) in [4.78, 5) is 45.0. The van der Waals surface area contributed by atoms with E-state index in [-0.39, 0.29) is 17.4 Å². The highest BCUT2D eigenvalue weighted by Gasteiger charge is 2.31. The first-order chi connectivity index (χ1) is 17.8. The van der Waals surface area contributed by atoms with Crippen LogP contribution in [-0.2, 0) is 14.3 Å². The Balaban J connectivity index is 1.65. The third-order valence-electron chi connectivity index (χ3n) is 6.07. The predicted octanol–water partition coefficient (Wildman–Crippen LogP) is 3.72. The topological polar surface area (TPSA) is 104 Å². The minimum Gasteiger partial charge on any atom is -0.465 e. The number of hydrogen-bond acceptors (Lipinski definition) is 7. The summed E-state index contributed by atoms with van der Waals surface area (Å²) in [5, 5.41) is 6.21. The lowest BCUT2D eigenvalue weighted by Crippen LogP contribution is -2.27. The Kier molecular flexibility index (Phi) is 7.52. The van der Waals surface area contributed by atoms with Crippen molar-refractivity contribution in [3.05, 3.63) is 83.7 Å². The second kappa shape index (κ2) is 10.9. The molecule has 0 unspecified atom stereocenters. The lowest BCUT2D eigenvalue weighted by molar-refractivity contribution is -0.128. The van der Waals surface area contributed by atoms with Crippen molar-refractivity contribution in [3.63, 3.8) is 0 Å². The van der Waals surface area contributed by atoms with Gasteiger partial charge in [0.15, 0.2) is 0 Å². The van der Waals surface area contributed by atoms with Crippen LogP contribution < -0.4 is 15.5 Å². The predicted molar refractivity (Wildman–Crippen MR) is 144 cm³/mol. The largest absolute Gasteiger partial charge is 0.465 e. The Morgan fingerprint density at radius 1 is 1.00 bits per heavy atom. The molecule has 0 saturated carbocycles. The molecule has 190 valence electrons. The van der Waals surface area contributed by atoms with Crippen LogP contribution >= 0.6 is 0 Å². The van der Waals surface area contributed by atoms with Gasteiger partial charge in [0.2, 0.25) is 5.91 Å². The fraction of sp³-hybridized carbons (Fsp3) is 0.214. The number of nitrogens with one attached hydrogen (secondary N) is 2. The zero-order valence-electron chi connectivity index (χ0n) is 21.2. The molecule has 0 aliphatic carbocycles. The van der Waals surface area contributed by atoms with Crippen LogP contribution in [0.15, 0.2) is 66.9 Å². The molecule has 0 fully saturated rings. The summed E-state index contributed by atoms with van der Waals surface area (Å²) in [7, 11) is 6.73. The van der Waals surface area contributed by atoms with Crippen molar-refractivity contribution >= 4 is 46.1 Å². The molecule has 1 aliphatic heterocycles. The van der Waals surface area contributed by atoms with E-state index < -0.39 is 5.97 Å². The van der Waals surface area contributed by atoms with Crippen LogP contribution in [0.25, 0.3) is 11.3 Å². The molecule has 0 radical (unpaired) electrons. The first-order valence-electron chi connectivity index (χ1n) is 11.8. The van der Waals surface area contributed by atoms with Gasteiger partial charge >= 0.3 is 5.97 Å². The number of carbonyl (C=O) groups is 3. The molecule has 3 aromatic rings. The number of amides is 2. The summed E-state index contributed by atoms with van der Waals surface area (Å²) in [5.41, 5.74) is 4.67. The molecular formula is C28H29N5O4. The normalized spacial score (nSPS) is 13.4. The molecule has 2 heterocycles. The van der Waals surface area contributed by atoms with Crippen molar-refractivity contribution in [2.75, 3.05) is 50.3 Å². The van der Waals surface area contributed by atoms with Crippen LogP contribution in [0.3, 0.4) is 0 Å². The highest BCUT2D eigenvalue weighted by atomic mass is 16.5. The Bertz CT molecular complexity index is 1350. The maximum atomic E-state index is 13.1. The first kappa shape index (κ1) is 25.4. The quantitative estimate of drug-likeness (QED) is 0.360. The fourth-order valence-corrected chi connectivity index (χ4v) is 3.96. The fourth-order valence-electron chi connectivity index (χ4n) is 3.96. The maximum absolute atomic E-state index is 13.1. The van der Waals surface area contributed by atoms with E-state index >= 15 is 0 Å². The molecule has 1 aromatic heterocycles. The van der Waals surface area contributed by atoms with Crippen LogP contribution in [-0.4, -0.2) is 62.5 Å². The number of ether oxygens (including phenoxy) is 1. The van der Waals surface area contributed by atoms with Gasteiger partial charge in [0.25, 0.3) is 5.91 Å². The first-order valence-corrected chi connectivity index (χ1v) is 11.8. The summed E-state index contributed by atoms with van der Waals surface area (Å²) < 4.78 is 4.77. The summed E-state index contributed by atoms with van der Waals surface area (Å²) >= 11 is 0. The molecule has 2 aromatic carbocycles. The molecule has 0 bridgehead atoms. The van der Waals surface area contributed by atoms with E-state index in [1.165, 1.54) is 13.3 Å². The molecule has 37 heavy (non-hydrogen) atoms. The van der Waals surface area contributed by atoms with E-state index in [0.717, 1.165) is 16.9 Å². The number of anilines is 3. The van der Waals surface area contributed by atoms with Gasteiger partial charge in [-0.3, -0.25) is 14.6 Å². The maximum Gasteiger partial charge on any atom is 0.339 e. The van der Waals surface area contributed by atoms with Gasteiger partial charge in [-0.25, -0.2) is 4.79 Å². The molecule has 1 aliphatic rings. The highest BCUT2D eigenvalue weighted by molar-refractivity contribution is 6.37. The van der Waals surface area contributed by atoms with E-state index in [9.17, 15) is 14.4 Å². The Morgan fingerprint density at radius 2 is 1.70 bits per heavy atom. The van der Waals surface area contributed by atoms with Crippen molar-refractivity contribution in [2.24, 2.45) is 0 Å². The third-order valence-corrected chi connectivity index (χ3v) is 6.07. The van der Waals surface area contributed by atoms with Gasteiger partial charge in [0, 0.05) is 51.7 Å². The number of hydrogen-bond donors (Lipinski definition) is 2. The number of esters is 1.